The van der Waals surface area contributed by atoms with Crippen molar-refractivity contribution in [2.45, 2.75) is 17.7 Å². The monoisotopic (exact) mass is 319 g/mol. The fourth-order valence-electron chi connectivity index (χ4n) is 2.35. The van der Waals surface area contributed by atoms with E-state index in [1.54, 1.807) is 6.07 Å². The van der Waals surface area contributed by atoms with Gasteiger partial charge < -0.3 is 9.84 Å². The highest BCUT2D eigenvalue weighted by Crippen LogP contribution is 2.30. The number of ether oxygens (including phenoxy) is 1. The third kappa shape index (κ3) is 3.09. The minimum atomic E-state index is -3.57. The Morgan fingerprint density at radius 1 is 1.50 bits per heavy atom. The lowest BCUT2D eigenvalue weighted by molar-refractivity contribution is 0.165. The highest BCUT2D eigenvalue weighted by atomic mass is 35.5. The molecule has 1 N–H and O–H groups in total. The van der Waals surface area contributed by atoms with Crippen molar-refractivity contribution in [2.75, 3.05) is 26.8 Å². The van der Waals surface area contributed by atoms with Gasteiger partial charge in [-0.1, -0.05) is 11.6 Å². The summed E-state index contributed by atoms with van der Waals surface area (Å²) >= 11 is 5.98. The summed E-state index contributed by atoms with van der Waals surface area (Å²) in [7, 11) is -2.09. The molecule has 1 heterocycles. The van der Waals surface area contributed by atoms with Crippen molar-refractivity contribution in [1.29, 1.82) is 0 Å². The topological polar surface area (TPSA) is 66.8 Å². The Labute approximate surface area is 124 Å². The van der Waals surface area contributed by atoms with Gasteiger partial charge in [-0.3, -0.25) is 0 Å². The molecule has 1 atom stereocenters. The van der Waals surface area contributed by atoms with Crippen LogP contribution in [0.25, 0.3) is 0 Å². The minimum Gasteiger partial charge on any atom is -0.495 e. The maximum absolute atomic E-state index is 12.5. The zero-order chi connectivity index (χ0) is 14.8. The van der Waals surface area contributed by atoms with Crippen molar-refractivity contribution >= 4 is 21.6 Å². The Balaban J connectivity index is 2.28. The molecule has 1 unspecified atom stereocenters. The number of halogens is 1. The van der Waals surface area contributed by atoms with E-state index in [4.69, 9.17) is 16.3 Å². The number of rotatable bonds is 4. The lowest BCUT2D eigenvalue weighted by atomic mass is 10.0. The Morgan fingerprint density at radius 3 is 2.85 bits per heavy atom. The summed E-state index contributed by atoms with van der Waals surface area (Å²) in [6.45, 7) is 0.834. The quantitative estimate of drug-likeness (QED) is 0.918. The summed E-state index contributed by atoms with van der Waals surface area (Å²) in [6.07, 6.45) is 1.61. The van der Waals surface area contributed by atoms with Gasteiger partial charge in [0.2, 0.25) is 10.0 Å². The van der Waals surface area contributed by atoms with Gasteiger partial charge in [0.1, 0.15) is 5.75 Å². The Bertz CT molecular complexity index is 576. The van der Waals surface area contributed by atoms with E-state index >= 15 is 0 Å². The van der Waals surface area contributed by atoms with E-state index in [1.807, 2.05) is 0 Å². The van der Waals surface area contributed by atoms with Crippen molar-refractivity contribution in [2.24, 2.45) is 5.92 Å². The fraction of sp³-hybridized carbons (Fsp3) is 0.538. The summed E-state index contributed by atoms with van der Waals surface area (Å²) in [5.74, 6) is 0.449. The minimum absolute atomic E-state index is 0.00671. The highest BCUT2D eigenvalue weighted by molar-refractivity contribution is 7.89. The summed E-state index contributed by atoms with van der Waals surface area (Å²) < 4.78 is 31.5. The van der Waals surface area contributed by atoms with Gasteiger partial charge in [0.25, 0.3) is 0 Å². The van der Waals surface area contributed by atoms with Gasteiger partial charge in [-0.2, -0.15) is 4.31 Å². The predicted molar refractivity (Wildman–Crippen MR) is 76.6 cm³/mol. The average Bonchev–Trinajstić information content (AvgIpc) is 2.47. The second-order valence-electron chi connectivity index (χ2n) is 4.85. The van der Waals surface area contributed by atoms with E-state index in [9.17, 15) is 13.5 Å². The molecule has 20 heavy (non-hydrogen) atoms. The molecule has 112 valence electrons. The van der Waals surface area contributed by atoms with Gasteiger partial charge in [-0.25, -0.2) is 8.42 Å². The van der Waals surface area contributed by atoms with Gasteiger partial charge in [-0.05, 0) is 37.0 Å². The van der Waals surface area contributed by atoms with Gasteiger partial charge in [-0.15, -0.1) is 0 Å². The van der Waals surface area contributed by atoms with E-state index in [-0.39, 0.29) is 22.4 Å². The van der Waals surface area contributed by atoms with Crippen LogP contribution in [-0.2, 0) is 10.0 Å². The zero-order valence-corrected chi connectivity index (χ0v) is 12.8. The lowest BCUT2D eigenvalue weighted by Crippen LogP contribution is -2.40. The second kappa shape index (κ2) is 6.30. The van der Waals surface area contributed by atoms with Crippen LogP contribution in [0, 0.1) is 5.92 Å². The van der Waals surface area contributed by atoms with E-state index < -0.39 is 10.0 Å². The number of hydrogen-bond acceptors (Lipinski definition) is 4. The summed E-state index contributed by atoms with van der Waals surface area (Å²) in [5.41, 5.74) is 0. The molecule has 1 aromatic rings. The van der Waals surface area contributed by atoms with Gasteiger partial charge in [0.05, 0.1) is 17.0 Å². The highest BCUT2D eigenvalue weighted by Gasteiger charge is 2.30. The smallest absolute Gasteiger partial charge is 0.243 e. The number of aliphatic hydroxyl groups is 1. The van der Waals surface area contributed by atoms with Crippen LogP contribution in [0.2, 0.25) is 5.02 Å². The van der Waals surface area contributed by atoms with Crippen molar-refractivity contribution in [3.63, 3.8) is 0 Å². The first-order chi connectivity index (χ1) is 9.48. The molecule has 1 aliphatic heterocycles. The number of piperidine rings is 1. The predicted octanol–water partition coefficient (Wildman–Crippen LogP) is 1.74. The molecule has 7 heteroatoms. The SMILES string of the molecule is COc1ccc(S(=O)(=O)N2CCCC(CO)C2)cc1Cl. The second-order valence-corrected chi connectivity index (χ2v) is 7.20. The van der Waals surface area contributed by atoms with Crippen LogP contribution in [0.3, 0.4) is 0 Å². The molecule has 1 fully saturated rings. The molecule has 2 rings (SSSR count). The number of methoxy groups -OCH3 is 1. The van der Waals surface area contributed by atoms with Gasteiger partial charge in [0, 0.05) is 19.7 Å². The fourth-order valence-corrected chi connectivity index (χ4v) is 4.25. The normalized spacial score (nSPS) is 20.9. The molecule has 1 saturated heterocycles. The van der Waals surface area contributed by atoms with Crippen LogP contribution in [0.5, 0.6) is 5.75 Å². The molecule has 1 aliphatic rings. The summed E-state index contributed by atoms with van der Waals surface area (Å²) in [6, 6.07) is 4.43. The summed E-state index contributed by atoms with van der Waals surface area (Å²) in [4.78, 5) is 0.155. The van der Waals surface area contributed by atoms with E-state index in [1.165, 1.54) is 23.5 Å². The van der Waals surface area contributed by atoms with Crippen molar-refractivity contribution in [3.8, 4) is 5.75 Å². The molecular weight excluding hydrogens is 302 g/mol. The molecule has 0 bridgehead atoms. The third-order valence-electron chi connectivity index (χ3n) is 3.50. The third-order valence-corrected chi connectivity index (χ3v) is 5.66. The number of sulfonamides is 1. The van der Waals surface area contributed by atoms with Gasteiger partial charge >= 0.3 is 0 Å². The molecule has 1 aromatic carbocycles. The molecule has 0 amide bonds. The molecule has 0 radical (unpaired) electrons. The van der Waals surface area contributed by atoms with E-state index in [2.05, 4.69) is 0 Å². The molecule has 5 nitrogen and oxygen atoms in total. The van der Waals surface area contributed by atoms with Crippen LogP contribution in [0.4, 0.5) is 0 Å². The molecule has 0 aromatic heterocycles. The van der Waals surface area contributed by atoms with Crippen molar-refractivity contribution < 1.29 is 18.3 Å². The standard InChI is InChI=1S/C13H18ClNO4S/c1-19-13-5-4-11(7-12(13)14)20(17,18)15-6-2-3-10(8-15)9-16/h4-5,7,10,16H,2-3,6,8-9H2,1H3. The number of hydrogen-bond donors (Lipinski definition) is 1. The molecular formula is C13H18ClNO4S. The van der Waals surface area contributed by atoms with Crippen LogP contribution >= 0.6 is 11.6 Å². The first-order valence-electron chi connectivity index (χ1n) is 6.43. The number of aliphatic hydroxyl groups excluding tert-OH is 1. The van der Waals surface area contributed by atoms with E-state index in [0.29, 0.717) is 18.8 Å². The first-order valence-corrected chi connectivity index (χ1v) is 8.25. The average molecular weight is 320 g/mol. The molecule has 0 aliphatic carbocycles. The lowest BCUT2D eigenvalue weighted by Gasteiger charge is -2.31. The first kappa shape index (κ1) is 15.6. The maximum Gasteiger partial charge on any atom is 0.243 e. The number of nitrogens with zero attached hydrogens (tertiary/aromatic N) is 1. The van der Waals surface area contributed by atoms with Crippen LogP contribution < -0.4 is 4.74 Å². The largest absolute Gasteiger partial charge is 0.495 e. The van der Waals surface area contributed by atoms with Crippen molar-refractivity contribution in [1.82, 2.24) is 4.31 Å². The summed E-state index contributed by atoms with van der Waals surface area (Å²) in [5, 5.41) is 9.47. The molecule has 0 saturated carbocycles. The Kier molecular flexibility index (Phi) is 4.90. The van der Waals surface area contributed by atoms with Crippen LogP contribution in [-0.4, -0.2) is 44.6 Å². The van der Waals surface area contributed by atoms with Gasteiger partial charge in [0.15, 0.2) is 0 Å². The van der Waals surface area contributed by atoms with E-state index in [0.717, 1.165) is 12.8 Å². The van der Waals surface area contributed by atoms with Crippen molar-refractivity contribution in [3.05, 3.63) is 23.2 Å². The Hall–Kier alpha value is -0.820. The maximum atomic E-state index is 12.5. The number of benzene rings is 1. The van der Waals surface area contributed by atoms with Crippen LogP contribution in [0.1, 0.15) is 12.8 Å². The zero-order valence-electron chi connectivity index (χ0n) is 11.3. The Morgan fingerprint density at radius 2 is 2.25 bits per heavy atom. The van der Waals surface area contributed by atoms with Crippen LogP contribution in [0.15, 0.2) is 23.1 Å². The molecule has 0 spiro atoms.